The van der Waals surface area contributed by atoms with Gasteiger partial charge < -0.3 is 15.5 Å². The number of halogens is 1. The number of anilines is 1. The van der Waals surface area contributed by atoms with Crippen molar-refractivity contribution in [2.75, 3.05) is 37.3 Å². The standard InChI is InChI=1S/C20H26ClN5OS/c1-22-20(24-11-13-28(27)15-16-6-3-2-4-7-16)25-17-9-12-26(14-17)19-18(21)8-5-10-23-19/h2-8,10,17H,9,11-15H2,1H3,(H2,22,24,25). The van der Waals surface area contributed by atoms with E-state index in [4.69, 9.17) is 11.6 Å². The van der Waals surface area contributed by atoms with Crippen molar-refractivity contribution in [1.29, 1.82) is 0 Å². The maximum absolute atomic E-state index is 12.2. The molecule has 28 heavy (non-hydrogen) atoms. The van der Waals surface area contributed by atoms with Crippen molar-refractivity contribution in [2.45, 2.75) is 18.2 Å². The van der Waals surface area contributed by atoms with Gasteiger partial charge in [-0.3, -0.25) is 9.20 Å². The number of aromatic nitrogens is 1. The Balaban J connectivity index is 1.41. The lowest BCUT2D eigenvalue weighted by Gasteiger charge is -2.20. The second-order valence-corrected chi connectivity index (χ2v) is 8.64. The molecule has 0 aliphatic carbocycles. The lowest BCUT2D eigenvalue weighted by atomic mass is 10.2. The molecular formula is C20H26ClN5OS. The number of benzene rings is 1. The lowest BCUT2D eigenvalue weighted by molar-refractivity contribution is 0.650. The molecule has 0 saturated carbocycles. The molecule has 1 saturated heterocycles. The number of rotatable bonds is 7. The van der Waals surface area contributed by atoms with Crippen LogP contribution in [0.25, 0.3) is 0 Å². The van der Waals surface area contributed by atoms with Crippen LogP contribution < -0.4 is 15.5 Å². The van der Waals surface area contributed by atoms with Crippen LogP contribution in [0.5, 0.6) is 0 Å². The van der Waals surface area contributed by atoms with E-state index in [2.05, 4.69) is 25.5 Å². The maximum Gasteiger partial charge on any atom is 0.191 e. The first kappa shape index (κ1) is 20.6. The molecule has 1 aromatic heterocycles. The minimum Gasteiger partial charge on any atom is -0.355 e. The molecule has 1 aliphatic rings. The highest BCUT2D eigenvalue weighted by atomic mass is 35.5. The van der Waals surface area contributed by atoms with Gasteiger partial charge >= 0.3 is 0 Å². The van der Waals surface area contributed by atoms with Gasteiger partial charge in [0.15, 0.2) is 5.96 Å². The van der Waals surface area contributed by atoms with Crippen LogP contribution in [0.2, 0.25) is 5.02 Å². The highest BCUT2D eigenvalue weighted by molar-refractivity contribution is 7.84. The molecule has 0 amide bonds. The average molecular weight is 420 g/mol. The largest absolute Gasteiger partial charge is 0.355 e. The lowest BCUT2D eigenvalue weighted by Crippen LogP contribution is -2.45. The molecule has 2 atom stereocenters. The van der Waals surface area contributed by atoms with E-state index in [0.29, 0.717) is 23.1 Å². The van der Waals surface area contributed by atoms with Gasteiger partial charge in [-0.1, -0.05) is 41.9 Å². The minimum absolute atomic E-state index is 0.263. The Bertz CT molecular complexity index is 817. The number of nitrogens with one attached hydrogen (secondary N) is 2. The van der Waals surface area contributed by atoms with E-state index in [-0.39, 0.29) is 6.04 Å². The first-order valence-corrected chi connectivity index (χ1v) is 11.2. The van der Waals surface area contributed by atoms with E-state index in [9.17, 15) is 4.21 Å². The Morgan fingerprint density at radius 2 is 2.14 bits per heavy atom. The first-order chi connectivity index (χ1) is 13.7. The topological polar surface area (TPSA) is 69.6 Å². The van der Waals surface area contributed by atoms with Crippen molar-refractivity contribution in [3.05, 3.63) is 59.2 Å². The zero-order valence-electron chi connectivity index (χ0n) is 16.0. The van der Waals surface area contributed by atoms with Crippen molar-refractivity contribution in [3.8, 4) is 0 Å². The van der Waals surface area contributed by atoms with Gasteiger partial charge in [-0.15, -0.1) is 0 Å². The zero-order chi connectivity index (χ0) is 19.8. The van der Waals surface area contributed by atoms with Crippen LogP contribution in [0, 0.1) is 0 Å². The molecule has 1 aliphatic heterocycles. The van der Waals surface area contributed by atoms with Crippen molar-refractivity contribution >= 4 is 34.2 Å². The first-order valence-electron chi connectivity index (χ1n) is 9.37. The van der Waals surface area contributed by atoms with Crippen LogP contribution in [0.4, 0.5) is 5.82 Å². The molecule has 150 valence electrons. The van der Waals surface area contributed by atoms with Gasteiger partial charge in [0.25, 0.3) is 0 Å². The smallest absolute Gasteiger partial charge is 0.191 e. The molecule has 0 spiro atoms. The zero-order valence-corrected chi connectivity index (χ0v) is 17.5. The molecule has 0 bridgehead atoms. The predicted octanol–water partition coefficient (Wildman–Crippen LogP) is 2.43. The molecule has 1 fully saturated rings. The number of aliphatic imine (C=N–C) groups is 1. The van der Waals surface area contributed by atoms with Gasteiger partial charge in [0.05, 0.1) is 5.02 Å². The van der Waals surface area contributed by atoms with Crippen LogP contribution in [0.15, 0.2) is 53.7 Å². The average Bonchev–Trinajstić information content (AvgIpc) is 3.16. The Morgan fingerprint density at radius 3 is 2.89 bits per heavy atom. The Labute approximate surface area is 173 Å². The van der Waals surface area contributed by atoms with Gasteiger partial charge in [-0.05, 0) is 24.1 Å². The summed E-state index contributed by atoms with van der Waals surface area (Å²) < 4.78 is 12.2. The third kappa shape index (κ3) is 5.94. The van der Waals surface area contributed by atoms with E-state index in [1.165, 1.54) is 0 Å². The molecule has 1 aromatic carbocycles. The van der Waals surface area contributed by atoms with Gasteiger partial charge in [-0.2, -0.15) is 0 Å². The van der Waals surface area contributed by atoms with Crippen molar-refractivity contribution in [3.63, 3.8) is 0 Å². The molecule has 3 rings (SSSR count). The summed E-state index contributed by atoms with van der Waals surface area (Å²) >= 11 is 6.25. The molecule has 2 N–H and O–H groups in total. The molecule has 8 heteroatoms. The van der Waals surface area contributed by atoms with Gasteiger partial charge in [0.2, 0.25) is 0 Å². The quantitative estimate of drug-likeness (QED) is 0.532. The Kier molecular flexibility index (Phi) is 7.68. The van der Waals surface area contributed by atoms with E-state index >= 15 is 0 Å². The van der Waals surface area contributed by atoms with E-state index in [0.717, 1.165) is 36.9 Å². The number of nitrogens with zero attached hydrogens (tertiary/aromatic N) is 3. The summed E-state index contributed by atoms with van der Waals surface area (Å²) in [5.74, 6) is 2.72. The van der Waals surface area contributed by atoms with Gasteiger partial charge in [-0.25, -0.2) is 4.98 Å². The maximum atomic E-state index is 12.2. The minimum atomic E-state index is -0.903. The number of hydrogen-bond acceptors (Lipinski definition) is 4. The second kappa shape index (κ2) is 10.4. The third-order valence-electron chi connectivity index (χ3n) is 4.58. The molecule has 0 radical (unpaired) electrons. The van der Waals surface area contributed by atoms with Crippen molar-refractivity contribution < 1.29 is 4.21 Å². The van der Waals surface area contributed by atoms with Crippen LogP contribution in [-0.2, 0) is 16.6 Å². The number of guanidine groups is 1. The summed E-state index contributed by atoms with van der Waals surface area (Å²) in [6.07, 6.45) is 2.74. The molecule has 2 aromatic rings. The summed E-state index contributed by atoms with van der Waals surface area (Å²) in [7, 11) is 0.846. The van der Waals surface area contributed by atoms with Gasteiger partial charge in [0.1, 0.15) is 5.82 Å². The fourth-order valence-electron chi connectivity index (χ4n) is 3.18. The van der Waals surface area contributed by atoms with Crippen LogP contribution in [0.1, 0.15) is 12.0 Å². The molecule has 6 nitrogen and oxygen atoms in total. The summed E-state index contributed by atoms with van der Waals surface area (Å²) in [4.78, 5) is 10.8. The highest BCUT2D eigenvalue weighted by Crippen LogP contribution is 2.25. The van der Waals surface area contributed by atoms with E-state index in [1.54, 1.807) is 13.2 Å². The fourth-order valence-corrected chi connectivity index (χ4v) is 4.46. The number of pyridine rings is 1. The highest BCUT2D eigenvalue weighted by Gasteiger charge is 2.25. The van der Waals surface area contributed by atoms with E-state index < -0.39 is 10.8 Å². The molecular weight excluding hydrogens is 394 g/mol. The summed E-state index contributed by atoms with van der Waals surface area (Å²) in [6.45, 7) is 2.32. The summed E-state index contributed by atoms with van der Waals surface area (Å²) in [5.41, 5.74) is 1.10. The van der Waals surface area contributed by atoms with Crippen LogP contribution in [0.3, 0.4) is 0 Å². The van der Waals surface area contributed by atoms with Crippen molar-refractivity contribution in [1.82, 2.24) is 15.6 Å². The predicted molar refractivity (Wildman–Crippen MR) is 118 cm³/mol. The Morgan fingerprint density at radius 1 is 1.32 bits per heavy atom. The fraction of sp³-hybridized carbons (Fsp3) is 0.400. The van der Waals surface area contributed by atoms with Crippen LogP contribution >= 0.6 is 11.6 Å². The molecule has 2 unspecified atom stereocenters. The van der Waals surface area contributed by atoms with Crippen molar-refractivity contribution in [2.24, 2.45) is 4.99 Å². The Hall–Kier alpha value is -2.12. The summed E-state index contributed by atoms with van der Waals surface area (Å²) in [6, 6.07) is 13.9. The van der Waals surface area contributed by atoms with E-state index in [1.807, 2.05) is 42.5 Å². The SMILES string of the molecule is CN=C(NCCS(=O)Cc1ccccc1)NC1CCN(c2ncccc2Cl)C1. The summed E-state index contributed by atoms with van der Waals surface area (Å²) in [5, 5.41) is 7.37. The molecule has 2 heterocycles. The van der Waals surface area contributed by atoms with Crippen LogP contribution in [-0.4, -0.2) is 53.6 Å². The van der Waals surface area contributed by atoms with Gasteiger partial charge in [0, 0.05) is 61.2 Å². The number of hydrogen-bond donors (Lipinski definition) is 2. The monoisotopic (exact) mass is 419 g/mol. The normalized spacial score (nSPS) is 18.1. The second-order valence-electron chi connectivity index (χ2n) is 6.66. The third-order valence-corrected chi connectivity index (χ3v) is 6.19.